The molecule has 0 bridgehead atoms. The minimum Gasteiger partial charge on any atom is -0.378 e. The smallest absolute Gasteiger partial charge is 0.239 e. The van der Waals surface area contributed by atoms with E-state index in [0.29, 0.717) is 19.1 Å². The number of H-pyrrole nitrogens is 1. The van der Waals surface area contributed by atoms with E-state index in [-0.39, 0.29) is 11.9 Å². The lowest BCUT2D eigenvalue weighted by molar-refractivity contribution is -0.140. The van der Waals surface area contributed by atoms with E-state index in [4.69, 9.17) is 9.72 Å². The largest absolute Gasteiger partial charge is 0.378 e. The summed E-state index contributed by atoms with van der Waals surface area (Å²) in [5.41, 5.74) is 2.14. The third-order valence-corrected chi connectivity index (χ3v) is 5.55. The zero-order valence-electron chi connectivity index (χ0n) is 14.8. The van der Waals surface area contributed by atoms with Crippen molar-refractivity contribution < 1.29 is 9.53 Å². The number of likely N-dealkylation sites (tertiary alicyclic amines) is 1. The van der Waals surface area contributed by atoms with Crippen LogP contribution in [0.15, 0.2) is 24.3 Å². The maximum Gasteiger partial charge on any atom is 0.239 e. The van der Waals surface area contributed by atoms with Crippen molar-refractivity contribution in [3.63, 3.8) is 0 Å². The lowest BCUT2D eigenvalue weighted by Gasteiger charge is -2.37. The number of amides is 1. The summed E-state index contributed by atoms with van der Waals surface area (Å²) in [4.78, 5) is 25.2. The van der Waals surface area contributed by atoms with Gasteiger partial charge in [0.2, 0.25) is 5.91 Å². The molecule has 0 unspecified atom stereocenters. The van der Waals surface area contributed by atoms with E-state index >= 15 is 0 Å². The second-order valence-electron chi connectivity index (χ2n) is 7.06. The Morgan fingerprint density at radius 1 is 1.20 bits per heavy atom. The molecule has 2 aliphatic rings. The maximum absolute atomic E-state index is 12.7. The molecule has 25 heavy (non-hydrogen) atoms. The van der Waals surface area contributed by atoms with Crippen LogP contribution in [0.4, 0.5) is 0 Å². The Morgan fingerprint density at radius 2 is 1.92 bits per heavy atom. The minimum atomic E-state index is -0.0466. The van der Waals surface area contributed by atoms with Gasteiger partial charge in [0.05, 0.1) is 30.3 Å². The van der Waals surface area contributed by atoms with Gasteiger partial charge in [-0.1, -0.05) is 12.1 Å². The summed E-state index contributed by atoms with van der Waals surface area (Å²) in [6.07, 6.45) is 2.08. The molecule has 1 amide bonds. The first-order valence-electron chi connectivity index (χ1n) is 9.27. The van der Waals surface area contributed by atoms with E-state index in [0.717, 1.165) is 55.9 Å². The van der Waals surface area contributed by atoms with Crippen molar-refractivity contribution in [1.82, 2.24) is 19.8 Å². The summed E-state index contributed by atoms with van der Waals surface area (Å²) in [6.45, 7) is 6.69. The highest BCUT2D eigenvalue weighted by molar-refractivity contribution is 5.81. The number of aromatic amines is 1. The van der Waals surface area contributed by atoms with Crippen LogP contribution < -0.4 is 0 Å². The predicted molar refractivity (Wildman–Crippen MR) is 96.5 cm³/mol. The van der Waals surface area contributed by atoms with Crippen molar-refractivity contribution >= 4 is 16.9 Å². The van der Waals surface area contributed by atoms with Crippen LogP contribution >= 0.6 is 0 Å². The molecule has 1 atom stereocenters. The Balaban J connectivity index is 1.36. The van der Waals surface area contributed by atoms with Crippen molar-refractivity contribution in [1.29, 1.82) is 0 Å². The summed E-state index contributed by atoms with van der Waals surface area (Å²) >= 11 is 0. The fraction of sp³-hybridized carbons (Fsp3) is 0.579. The molecule has 2 aromatic rings. The number of aromatic nitrogens is 2. The zero-order chi connectivity index (χ0) is 17.2. The number of carbonyl (C=O) groups excluding carboxylic acids is 1. The number of imidazole rings is 1. The van der Waals surface area contributed by atoms with Gasteiger partial charge in [0.1, 0.15) is 5.82 Å². The maximum atomic E-state index is 12.7. The molecule has 0 spiro atoms. The molecule has 1 N–H and O–H groups in total. The van der Waals surface area contributed by atoms with Crippen molar-refractivity contribution in [2.45, 2.75) is 31.7 Å². The van der Waals surface area contributed by atoms with Crippen LogP contribution in [0.25, 0.3) is 11.0 Å². The van der Waals surface area contributed by atoms with Crippen LogP contribution in [0, 0.1) is 0 Å². The van der Waals surface area contributed by atoms with Crippen LogP contribution in [0.2, 0.25) is 0 Å². The zero-order valence-corrected chi connectivity index (χ0v) is 14.8. The van der Waals surface area contributed by atoms with E-state index in [2.05, 4.69) is 16.0 Å². The first-order chi connectivity index (χ1) is 12.2. The first kappa shape index (κ1) is 16.5. The van der Waals surface area contributed by atoms with Crippen LogP contribution in [-0.2, 0) is 9.53 Å². The Hall–Kier alpha value is -1.92. The highest BCUT2D eigenvalue weighted by Gasteiger charge is 2.31. The number of carbonyl (C=O) groups is 1. The van der Waals surface area contributed by atoms with Gasteiger partial charge in [-0.25, -0.2) is 4.98 Å². The van der Waals surface area contributed by atoms with Gasteiger partial charge in [0, 0.05) is 19.0 Å². The van der Waals surface area contributed by atoms with E-state index in [1.54, 1.807) is 0 Å². The Morgan fingerprint density at radius 3 is 2.64 bits per heavy atom. The number of ether oxygens (including phenoxy) is 1. The van der Waals surface area contributed by atoms with Crippen LogP contribution in [0.1, 0.15) is 31.5 Å². The molecule has 2 saturated heterocycles. The van der Waals surface area contributed by atoms with Gasteiger partial charge in [-0.15, -0.1) is 0 Å². The van der Waals surface area contributed by atoms with Crippen LogP contribution in [-0.4, -0.2) is 71.1 Å². The number of benzene rings is 1. The Kier molecular flexibility index (Phi) is 4.72. The molecule has 1 aromatic heterocycles. The number of morpholine rings is 1. The quantitative estimate of drug-likeness (QED) is 0.927. The van der Waals surface area contributed by atoms with E-state index in [1.807, 2.05) is 30.0 Å². The number of nitrogens with zero attached hydrogens (tertiary/aromatic N) is 3. The number of nitrogens with one attached hydrogen (secondary N) is 1. The van der Waals surface area contributed by atoms with Crippen molar-refractivity contribution in [2.75, 3.05) is 39.4 Å². The molecule has 6 heteroatoms. The number of para-hydroxylation sites is 2. The number of hydrogen-bond donors (Lipinski definition) is 1. The second-order valence-corrected chi connectivity index (χ2v) is 7.06. The lowest BCUT2D eigenvalue weighted by atomic mass is 9.95. The van der Waals surface area contributed by atoms with Gasteiger partial charge in [-0.05, 0) is 45.0 Å². The van der Waals surface area contributed by atoms with Gasteiger partial charge in [0.15, 0.2) is 0 Å². The van der Waals surface area contributed by atoms with Crippen molar-refractivity contribution in [3.8, 4) is 0 Å². The lowest BCUT2D eigenvalue weighted by Crippen LogP contribution is -2.52. The molecular formula is C19H26N4O2. The summed E-state index contributed by atoms with van der Waals surface area (Å²) in [6, 6.07) is 8.13. The Bertz CT molecular complexity index is 697. The van der Waals surface area contributed by atoms with Gasteiger partial charge in [0.25, 0.3) is 0 Å². The van der Waals surface area contributed by atoms with Gasteiger partial charge in [-0.2, -0.15) is 0 Å². The molecule has 2 fully saturated rings. The minimum absolute atomic E-state index is 0.0466. The molecule has 4 rings (SSSR count). The standard InChI is InChI=1S/C19H26N4O2/c1-14(19(24)23-10-12-25-13-11-23)22-8-6-15(7-9-22)18-20-16-4-2-3-5-17(16)21-18/h2-5,14-15H,6-13H2,1H3,(H,20,21)/t14-/m0/s1. The van der Waals surface area contributed by atoms with Gasteiger partial charge in [-0.3, -0.25) is 9.69 Å². The fourth-order valence-electron chi connectivity index (χ4n) is 3.93. The van der Waals surface area contributed by atoms with Crippen LogP contribution in [0.3, 0.4) is 0 Å². The summed E-state index contributed by atoms with van der Waals surface area (Å²) < 4.78 is 5.35. The molecular weight excluding hydrogens is 316 g/mol. The summed E-state index contributed by atoms with van der Waals surface area (Å²) in [5, 5.41) is 0. The Labute approximate surface area is 148 Å². The molecule has 3 heterocycles. The summed E-state index contributed by atoms with van der Waals surface area (Å²) in [5.74, 6) is 1.79. The third kappa shape index (κ3) is 3.41. The second kappa shape index (κ2) is 7.14. The molecule has 134 valence electrons. The van der Waals surface area contributed by atoms with E-state index < -0.39 is 0 Å². The molecule has 6 nitrogen and oxygen atoms in total. The SMILES string of the molecule is C[C@@H](C(=O)N1CCOCC1)N1CCC(c2nc3ccccc3[nH]2)CC1. The average molecular weight is 342 g/mol. The van der Waals surface area contributed by atoms with Crippen LogP contribution in [0.5, 0.6) is 0 Å². The van der Waals surface area contributed by atoms with Gasteiger partial charge < -0.3 is 14.6 Å². The van der Waals surface area contributed by atoms with Crippen molar-refractivity contribution in [2.24, 2.45) is 0 Å². The predicted octanol–water partition coefficient (Wildman–Crippen LogP) is 1.99. The first-order valence-corrected chi connectivity index (χ1v) is 9.27. The third-order valence-electron chi connectivity index (χ3n) is 5.55. The number of fused-ring (bicyclic) bond motifs is 1. The van der Waals surface area contributed by atoms with E-state index in [1.165, 1.54) is 0 Å². The monoisotopic (exact) mass is 342 g/mol. The molecule has 0 radical (unpaired) electrons. The summed E-state index contributed by atoms with van der Waals surface area (Å²) in [7, 11) is 0. The molecule has 2 aliphatic heterocycles. The number of rotatable bonds is 3. The topological polar surface area (TPSA) is 61.5 Å². The molecule has 1 aromatic carbocycles. The van der Waals surface area contributed by atoms with E-state index in [9.17, 15) is 4.79 Å². The molecule has 0 aliphatic carbocycles. The number of piperidine rings is 1. The van der Waals surface area contributed by atoms with Gasteiger partial charge >= 0.3 is 0 Å². The fourth-order valence-corrected chi connectivity index (χ4v) is 3.93. The highest BCUT2D eigenvalue weighted by Crippen LogP contribution is 2.28. The number of hydrogen-bond acceptors (Lipinski definition) is 4. The van der Waals surface area contributed by atoms with Crippen molar-refractivity contribution in [3.05, 3.63) is 30.1 Å². The average Bonchev–Trinajstić information content (AvgIpc) is 3.12. The normalized spacial score (nSPS) is 21.6. The molecule has 0 saturated carbocycles. The highest BCUT2D eigenvalue weighted by atomic mass is 16.5.